The van der Waals surface area contributed by atoms with Gasteiger partial charge in [-0.15, -0.1) is 0 Å². The molecule has 0 aromatic heterocycles. The van der Waals surface area contributed by atoms with Gasteiger partial charge < -0.3 is 15.4 Å². The third-order valence-electron chi connectivity index (χ3n) is 4.45. The smallest absolute Gasteiger partial charge is 0.223 e. The molecular weight excluding hydrogens is 276 g/mol. The summed E-state index contributed by atoms with van der Waals surface area (Å²) in [5.41, 5.74) is 8.79. The fourth-order valence-electron chi connectivity index (χ4n) is 3.13. The minimum Gasteiger partial charge on any atom is -0.385 e. The zero-order valence-electron chi connectivity index (χ0n) is 13.9. The molecular formula is C18H28N2O2. The standard InChI is InChI=1S/C18H28N2O2/c1-13(2)14-5-7-15(8-6-14)18-16(19)9-10-17(21)20(18)11-4-12-22-3/h5-8,13,16,18H,4,9-12,19H2,1-3H3. The average molecular weight is 304 g/mol. The Balaban J connectivity index is 2.19. The Kier molecular flexibility index (Phi) is 5.98. The van der Waals surface area contributed by atoms with E-state index in [4.69, 9.17) is 10.5 Å². The first kappa shape index (κ1) is 17.0. The summed E-state index contributed by atoms with van der Waals surface area (Å²) < 4.78 is 5.11. The Morgan fingerprint density at radius 2 is 2.00 bits per heavy atom. The van der Waals surface area contributed by atoms with E-state index in [2.05, 4.69) is 38.1 Å². The predicted molar refractivity (Wildman–Crippen MR) is 88.7 cm³/mol. The van der Waals surface area contributed by atoms with Crippen LogP contribution >= 0.6 is 0 Å². The van der Waals surface area contributed by atoms with Crippen molar-refractivity contribution < 1.29 is 9.53 Å². The van der Waals surface area contributed by atoms with Crippen molar-refractivity contribution in [3.8, 4) is 0 Å². The van der Waals surface area contributed by atoms with Crippen LogP contribution in [0.3, 0.4) is 0 Å². The quantitative estimate of drug-likeness (QED) is 0.822. The molecule has 122 valence electrons. The molecule has 2 atom stereocenters. The lowest BCUT2D eigenvalue weighted by atomic mass is 9.89. The summed E-state index contributed by atoms with van der Waals surface area (Å²) in [6, 6.07) is 8.55. The summed E-state index contributed by atoms with van der Waals surface area (Å²) in [5.74, 6) is 0.712. The number of nitrogens with zero attached hydrogens (tertiary/aromatic N) is 1. The van der Waals surface area contributed by atoms with E-state index in [1.807, 2.05) is 4.90 Å². The first-order valence-electron chi connectivity index (χ1n) is 8.18. The van der Waals surface area contributed by atoms with Gasteiger partial charge in [-0.25, -0.2) is 0 Å². The van der Waals surface area contributed by atoms with Crippen LogP contribution in [0.4, 0.5) is 0 Å². The highest BCUT2D eigenvalue weighted by molar-refractivity contribution is 5.78. The molecule has 22 heavy (non-hydrogen) atoms. The molecule has 2 N–H and O–H groups in total. The molecule has 1 aliphatic heterocycles. The van der Waals surface area contributed by atoms with Crippen molar-refractivity contribution >= 4 is 5.91 Å². The largest absolute Gasteiger partial charge is 0.385 e. The van der Waals surface area contributed by atoms with Crippen LogP contribution in [0.5, 0.6) is 0 Å². The number of hydrogen-bond donors (Lipinski definition) is 1. The Labute approximate surface area is 133 Å². The normalized spacial score (nSPS) is 22.4. The average Bonchev–Trinajstić information content (AvgIpc) is 2.51. The van der Waals surface area contributed by atoms with Crippen molar-refractivity contribution in [2.24, 2.45) is 5.73 Å². The van der Waals surface area contributed by atoms with E-state index in [1.165, 1.54) is 5.56 Å². The highest BCUT2D eigenvalue weighted by Crippen LogP contribution is 2.31. The van der Waals surface area contributed by atoms with Gasteiger partial charge in [-0.1, -0.05) is 38.1 Å². The van der Waals surface area contributed by atoms with Crippen molar-refractivity contribution in [1.82, 2.24) is 4.90 Å². The summed E-state index contributed by atoms with van der Waals surface area (Å²) in [7, 11) is 1.69. The summed E-state index contributed by atoms with van der Waals surface area (Å²) >= 11 is 0. The molecule has 2 unspecified atom stereocenters. The second kappa shape index (κ2) is 7.75. The molecule has 0 bridgehead atoms. The van der Waals surface area contributed by atoms with Crippen molar-refractivity contribution in [2.45, 2.75) is 51.1 Å². The van der Waals surface area contributed by atoms with Gasteiger partial charge in [0.1, 0.15) is 0 Å². The zero-order chi connectivity index (χ0) is 16.1. The van der Waals surface area contributed by atoms with Crippen LogP contribution in [0.25, 0.3) is 0 Å². The third kappa shape index (κ3) is 3.87. The summed E-state index contributed by atoms with van der Waals surface area (Å²) in [6.45, 7) is 5.73. The fraction of sp³-hybridized carbons (Fsp3) is 0.611. The zero-order valence-corrected chi connectivity index (χ0v) is 13.9. The van der Waals surface area contributed by atoms with Crippen LogP contribution in [-0.2, 0) is 9.53 Å². The van der Waals surface area contributed by atoms with Crippen LogP contribution in [0.15, 0.2) is 24.3 Å². The van der Waals surface area contributed by atoms with Crippen molar-refractivity contribution in [2.75, 3.05) is 20.3 Å². The highest BCUT2D eigenvalue weighted by atomic mass is 16.5. The molecule has 0 saturated carbocycles. The van der Waals surface area contributed by atoms with Gasteiger partial charge in [0, 0.05) is 32.7 Å². The fourth-order valence-corrected chi connectivity index (χ4v) is 3.13. The van der Waals surface area contributed by atoms with Gasteiger partial charge >= 0.3 is 0 Å². The molecule has 2 rings (SSSR count). The van der Waals surface area contributed by atoms with E-state index in [-0.39, 0.29) is 18.0 Å². The van der Waals surface area contributed by atoms with Gasteiger partial charge in [-0.2, -0.15) is 0 Å². The lowest BCUT2D eigenvalue weighted by molar-refractivity contribution is -0.137. The number of benzene rings is 1. The molecule has 0 aliphatic carbocycles. The summed E-state index contributed by atoms with van der Waals surface area (Å²) in [6.07, 6.45) is 2.15. The van der Waals surface area contributed by atoms with E-state index in [9.17, 15) is 4.79 Å². The summed E-state index contributed by atoms with van der Waals surface area (Å²) in [4.78, 5) is 14.3. The molecule has 1 saturated heterocycles. The first-order chi connectivity index (χ1) is 10.5. The second-order valence-corrected chi connectivity index (χ2v) is 6.40. The molecule has 4 nitrogen and oxygen atoms in total. The van der Waals surface area contributed by atoms with Crippen LogP contribution < -0.4 is 5.73 Å². The van der Waals surface area contributed by atoms with E-state index in [0.29, 0.717) is 25.5 Å². The van der Waals surface area contributed by atoms with Crippen LogP contribution in [0.2, 0.25) is 0 Å². The monoisotopic (exact) mass is 304 g/mol. The van der Waals surface area contributed by atoms with E-state index in [1.54, 1.807) is 7.11 Å². The van der Waals surface area contributed by atoms with Gasteiger partial charge in [0.05, 0.1) is 6.04 Å². The maximum atomic E-state index is 12.3. The lowest BCUT2D eigenvalue weighted by Crippen LogP contribution is -2.49. The lowest BCUT2D eigenvalue weighted by Gasteiger charge is -2.40. The molecule has 4 heteroatoms. The van der Waals surface area contributed by atoms with Crippen molar-refractivity contribution in [1.29, 1.82) is 0 Å². The third-order valence-corrected chi connectivity index (χ3v) is 4.45. The first-order valence-corrected chi connectivity index (χ1v) is 8.18. The number of hydrogen-bond acceptors (Lipinski definition) is 3. The Morgan fingerprint density at radius 3 is 2.59 bits per heavy atom. The second-order valence-electron chi connectivity index (χ2n) is 6.40. The van der Waals surface area contributed by atoms with E-state index >= 15 is 0 Å². The van der Waals surface area contributed by atoms with Gasteiger partial charge in [-0.3, -0.25) is 4.79 Å². The van der Waals surface area contributed by atoms with E-state index < -0.39 is 0 Å². The van der Waals surface area contributed by atoms with Gasteiger partial charge in [-0.05, 0) is 29.9 Å². The molecule has 0 radical (unpaired) electrons. The number of piperidine rings is 1. The number of carbonyl (C=O) groups excluding carboxylic acids is 1. The van der Waals surface area contributed by atoms with Crippen LogP contribution in [0.1, 0.15) is 56.2 Å². The highest BCUT2D eigenvalue weighted by Gasteiger charge is 2.34. The number of ether oxygens (including phenoxy) is 1. The Hall–Kier alpha value is -1.39. The molecule has 1 aliphatic rings. The Morgan fingerprint density at radius 1 is 1.32 bits per heavy atom. The summed E-state index contributed by atoms with van der Waals surface area (Å²) in [5, 5.41) is 0. The minimum absolute atomic E-state index is 0.00476. The van der Waals surface area contributed by atoms with Crippen molar-refractivity contribution in [3.05, 3.63) is 35.4 Å². The number of likely N-dealkylation sites (tertiary alicyclic amines) is 1. The number of nitrogens with two attached hydrogens (primary N) is 1. The topological polar surface area (TPSA) is 55.6 Å². The SMILES string of the molecule is COCCCN1C(=O)CCC(N)C1c1ccc(C(C)C)cc1. The maximum Gasteiger partial charge on any atom is 0.223 e. The van der Waals surface area contributed by atoms with Crippen LogP contribution in [0, 0.1) is 0 Å². The van der Waals surface area contributed by atoms with Gasteiger partial charge in [0.25, 0.3) is 0 Å². The minimum atomic E-state index is -0.0145. The van der Waals surface area contributed by atoms with Crippen molar-refractivity contribution in [3.63, 3.8) is 0 Å². The predicted octanol–water partition coefficient (Wildman–Crippen LogP) is 2.84. The maximum absolute atomic E-state index is 12.3. The number of amides is 1. The molecule has 1 fully saturated rings. The van der Waals surface area contributed by atoms with Crippen LogP contribution in [-0.4, -0.2) is 37.1 Å². The molecule has 1 heterocycles. The molecule has 1 aromatic carbocycles. The molecule has 1 aromatic rings. The van der Waals surface area contributed by atoms with Gasteiger partial charge in [0.2, 0.25) is 5.91 Å². The van der Waals surface area contributed by atoms with Gasteiger partial charge in [0.15, 0.2) is 0 Å². The number of carbonyl (C=O) groups is 1. The number of methoxy groups -OCH3 is 1. The Bertz CT molecular complexity index is 484. The molecule has 1 amide bonds. The number of rotatable bonds is 6. The molecule has 0 spiro atoms. The van der Waals surface area contributed by atoms with E-state index in [0.717, 1.165) is 18.4 Å².